The van der Waals surface area contributed by atoms with Gasteiger partial charge in [0.15, 0.2) is 0 Å². The van der Waals surface area contributed by atoms with Crippen molar-refractivity contribution in [2.45, 2.75) is 25.6 Å². The number of nitrogens with zero attached hydrogens (tertiary/aromatic N) is 1. The molecule has 2 aliphatic rings. The smallest absolute Gasteiger partial charge is 0.246 e. The van der Waals surface area contributed by atoms with Gasteiger partial charge in [-0.15, -0.1) is 0 Å². The summed E-state index contributed by atoms with van der Waals surface area (Å²) in [6.45, 7) is 1.48. The van der Waals surface area contributed by atoms with E-state index in [9.17, 15) is 4.79 Å². The third-order valence-electron chi connectivity index (χ3n) is 4.22. The van der Waals surface area contributed by atoms with Gasteiger partial charge in [-0.25, -0.2) is 0 Å². The SMILES string of the molecule is O=C([C@@H]1Cc2ccccc2N1)N1Cc2ccccc2C1. The zero-order valence-electron chi connectivity index (χ0n) is 11.2. The van der Waals surface area contributed by atoms with Crippen LogP contribution in [-0.4, -0.2) is 16.8 Å². The quantitative estimate of drug-likeness (QED) is 0.858. The zero-order valence-corrected chi connectivity index (χ0v) is 11.2. The van der Waals surface area contributed by atoms with E-state index in [4.69, 9.17) is 0 Å². The first-order valence-electron chi connectivity index (χ1n) is 7.01. The van der Waals surface area contributed by atoms with Gasteiger partial charge < -0.3 is 10.2 Å². The van der Waals surface area contributed by atoms with Gasteiger partial charge in [-0.2, -0.15) is 0 Å². The van der Waals surface area contributed by atoms with E-state index in [0.29, 0.717) is 0 Å². The molecule has 3 nitrogen and oxygen atoms in total. The molecule has 0 spiro atoms. The van der Waals surface area contributed by atoms with E-state index in [1.165, 1.54) is 16.7 Å². The van der Waals surface area contributed by atoms with Gasteiger partial charge in [0.2, 0.25) is 5.91 Å². The first-order chi connectivity index (χ1) is 9.81. The Kier molecular flexibility index (Phi) is 2.52. The molecule has 1 N–H and O–H groups in total. The van der Waals surface area contributed by atoms with Crippen molar-refractivity contribution < 1.29 is 4.79 Å². The fourth-order valence-electron chi connectivity index (χ4n) is 3.16. The molecule has 0 aliphatic carbocycles. The third kappa shape index (κ3) is 1.78. The highest BCUT2D eigenvalue weighted by atomic mass is 16.2. The second-order valence-electron chi connectivity index (χ2n) is 5.52. The average Bonchev–Trinajstić information content (AvgIpc) is 3.10. The Bertz CT molecular complexity index is 573. The van der Waals surface area contributed by atoms with Gasteiger partial charge in [0.05, 0.1) is 0 Å². The number of rotatable bonds is 1. The van der Waals surface area contributed by atoms with Crippen LogP contribution >= 0.6 is 0 Å². The predicted octanol–water partition coefficient (Wildman–Crippen LogP) is 2.57. The van der Waals surface area contributed by atoms with Crippen LogP contribution in [0.2, 0.25) is 0 Å². The molecule has 2 heterocycles. The van der Waals surface area contributed by atoms with E-state index in [-0.39, 0.29) is 11.9 Å². The number of benzene rings is 2. The van der Waals surface area contributed by atoms with Crippen LogP contribution in [0.15, 0.2) is 48.5 Å². The molecular weight excluding hydrogens is 248 g/mol. The Morgan fingerprint density at radius 1 is 0.950 bits per heavy atom. The molecule has 0 unspecified atom stereocenters. The maximum Gasteiger partial charge on any atom is 0.246 e. The first-order valence-corrected chi connectivity index (χ1v) is 7.01. The number of carbonyl (C=O) groups excluding carboxylic acids is 1. The van der Waals surface area contributed by atoms with Crippen molar-refractivity contribution in [1.29, 1.82) is 0 Å². The normalized spacial score (nSPS) is 19.4. The summed E-state index contributed by atoms with van der Waals surface area (Å²) in [5.41, 5.74) is 4.89. The summed E-state index contributed by atoms with van der Waals surface area (Å²) in [5.74, 6) is 0.206. The number of amides is 1. The summed E-state index contributed by atoms with van der Waals surface area (Å²) >= 11 is 0. The number of hydrogen-bond donors (Lipinski definition) is 1. The molecule has 3 heteroatoms. The van der Waals surface area contributed by atoms with E-state index in [1.54, 1.807) is 0 Å². The number of para-hydroxylation sites is 1. The van der Waals surface area contributed by atoms with Gasteiger partial charge in [-0.1, -0.05) is 42.5 Å². The lowest BCUT2D eigenvalue weighted by molar-refractivity contribution is -0.132. The Balaban J connectivity index is 1.51. The van der Waals surface area contributed by atoms with E-state index >= 15 is 0 Å². The summed E-state index contributed by atoms with van der Waals surface area (Å²) in [6.07, 6.45) is 0.794. The van der Waals surface area contributed by atoms with E-state index in [2.05, 4.69) is 23.5 Å². The third-order valence-corrected chi connectivity index (χ3v) is 4.22. The van der Waals surface area contributed by atoms with E-state index < -0.39 is 0 Å². The lowest BCUT2D eigenvalue weighted by atomic mass is 10.1. The minimum absolute atomic E-state index is 0.110. The van der Waals surface area contributed by atoms with E-state index in [0.717, 1.165) is 25.2 Å². The van der Waals surface area contributed by atoms with Crippen molar-refractivity contribution in [3.05, 3.63) is 65.2 Å². The number of carbonyl (C=O) groups is 1. The van der Waals surface area contributed by atoms with Gasteiger partial charge in [-0.05, 0) is 22.8 Å². The average molecular weight is 264 g/mol. The van der Waals surface area contributed by atoms with Crippen LogP contribution in [-0.2, 0) is 24.3 Å². The summed E-state index contributed by atoms with van der Waals surface area (Å²) in [7, 11) is 0. The number of nitrogens with one attached hydrogen (secondary N) is 1. The Hall–Kier alpha value is -2.29. The fraction of sp³-hybridized carbons (Fsp3) is 0.235. The molecule has 100 valence electrons. The molecule has 0 aromatic heterocycles. The molecule has 2 aromatic rings. The summed E-state index contributed by atoms with van der Waals surface area (Å²) in [5, 5.41) is 3.35. The van der Waals surface area contributed by atoms with Crippen LogP contribution in [0.5, 0.6) is 0 Å². The molecule has 0 bridgehead atoms. The summed E-state index contributed by atoms with van der Waals surface area (Å²) in [6, 6.07) is 16.4. The molecule has 20 heavy (non-hydrogen) atoms. The molecule has 0 saturated heterocycles. The van der Waals surface area contributed by atoms with Crippen LogP contribution in [0.4, 0.5) is 5.69 Å². The van der Waals surface area contributed by atoms with Gasteiger partial charge in [0, 0.05) is 25.2 Å². The van der Waals surface area contributed by atoms with Crippen molar-refractivity contribution in [3.8, 4) is 0 Å². The Labute approximate surface area is 118 Å². The maximum atomic E-state index is 12.6. The second-order valence-corrected chi connectivity index (χ2v) is 5.52. The lowest BCUT2D eigenvalue weighted by Gasteiger charge is -2.20. The molecule has 0 saturated carbocycles. The topological polar surface area (TPSA) is 32.3 Å². The molecule has 1 amide bonds. The van der Waals surface area contributed by atoms with Crippen molar-refractivity contribution in [1.82, 2.24) is 4.90 Å². The van der Waals surface area contributed by atoms with Crippen LogP contribution in [0.25, 0.3) is 0 Å². The van der Waals surface area contributed by atoms with Crippen molar-refractivity contribution in [3.63, 3.8) is 0 Å². The molecular formula is C17H16N2O. The lowest BCUT2D eigenvalue weighted by Crippen LogP contribution is -2.39. The largest absolute Gasteiger partial charge is 0.373 e. The van der Waals surface area contributed by atoms with Gasteiger partial charge in [-0.3, -0.25) is 4.79 Å². The van der Waals surface area contributed by atoms with Crippen molar-refractivity contribution >= 4 is 11.6 Å². The minimum Gasteiger partial charge on any atom is -0.373 e. The molecule has 2 aromatic carbocycles. The first kappa shape index (κ1) is 11.5. The molecule has 0 fully saturated rings. The molecule has 0 radical (unpaired) electrons. The number of fused-ring (bicyclic) bond motifs is 2. The standard InChI is InChI=1S/C17H16N2O/c20-17(16-9-12-5-3-4-8-15(12)18-16)19-10-13-6-1-2-7-14(13)11-19/h1-8,16,18H,9-11H2/t16-/m0/s1. The predicted molar refractivity (Wildman–Crippen MR) is 78.3 cm³/mol. The maximum absolute atomic E-state index is 12.6. The van der Waals surface area contributed by atoms with Crippen molar-refractivity contribution in [2.75, 3.05) is 5.32 Å². The van der Waals surface area contributed by atoms with E-state index in [1.807, 2.05) is 35.2 Å². The van der Waals surface area contributed by atoms with Crippen LogP contribution < -0.4 is 5.32 Å². The molecule has 4 rings (SSSR count). The monoisotopic (exact) mass is 264 g/mol. The zero-order chi connectivity index (χ0) is 13.5. The van der Waals surface area contributed by atoms with Gasteiger partial charge in [0.25, 0.3) is 0 Å². The summed E-state index contributed by atoms with van der Waals surface area (Å²) in [4.78, 5) is 14.6. The number of hydrogen-bond acceptors (Lipinski definition) is 2. The Morgan fingerprint density at radius 2 is 1.55 bits per heavy atom. The minimum atomic E-state index is -0.110. The van der Waals surface area contributed by atoms with Gasteiger partial charge >= 0.3 is 0 Å². The Morgan fingerprint density at radius 3 is 2.20 bits per heavy atom. The van der Waals surface area contributed by atoms with Crippen LogP contribution in [0.3, 0.4) is 0 Å². The second kappa shape index (κ2) is 4.37. The molecule has 2 aliphatic heterocycles. The van der Waals surface area contributed by atoms with Gasteiger partial charge in [0.1, 0.15) is 6.04 Å². The number of anilines is 1. The highest BCUT2D eigenvalue weighted by Gasteiger charge is 2.32. The molecule has 1 atom stereocenters. The highest BCUT2D eigenvalue weighted by Crippen LogP contribution is 2.29. The van der Waals surface area contributed by atoms with Crippen LogP contribution in [0.1, 0.15) is 16.7 Å². The van der Waals surface area contributed by atoms with Crippen LogP contribution in [0, 0.1) is 0 Å². The fourth-order valence-corrected chi connectivity index (χ4v) is 3.16. The van der Waals surface area contributed by atoms with Crippen molar-refractivity contribution in [2.24, 2.45) is 0 Å². The summed E-state index contributed by atoms with van der Waals surface area (Å²) < 4.78 is 0. The highest BCUT2D eigenvalue weighted by molar-refractivity contribution is 5.87.